The summed E-state index contributed by atoms with van der Waals surface area (Å²) in [6.07, 6.45) is 1.79. The van der Waals surface area contributed by atoms with E-state index in [2.05, 4.69) is 60.5 Å². The van der Waals surface area contributed by atoms with E-state index in [9.17, 15) is 4.79 Å². The van der Waals surface area contributed by atoms with Crippen LogP contribution in [0.15, 0.2) is 36.4 Å². The zero-order valence-corrected chi connectivity index (χ0v) is 19.7. The Hall–Kier alpha value is -2.53. The lowest BCUT2D eigenvalue weighted by atomic mass is 9.86. The van der Waals surface area contributed by atoms with E-state index >= 15 is 0 Å². The van der Waals surface area contributed by atoms with Crippen LogP contribution in [0, 0.1) is 12.8 Å². The molecule has 0 saturated heterocycles. The van der Waals surface area contributed by atoms with Gasteiger partial charge in [-0.2, -0.15) is 0 Å². The van der Waals surface area contributed by atoms with Gasteiger partial charge in [-0.15, -0.1) is 0 Å². The predicted octanol–water partition coefficient (Wildman–Crippen LogP) is 4.66. The molecule has 2 aromatic carbocycles. The zero-order valence-electron chi connectivity index (χ0n) is 19.7. The maximum Gasteiger partial charge on any atom is 0.222 e. The SMILES string of the molecule is CC[C@H](NC(=O)C(C)C)[C@H]1c2cc(OC)c(OC)cc2CCN1Cc1ccc(C)cc1. The highest BCUT2D eigenvalue weighted by Gasteiger charge is 2.35. The fourth-order valence-electron chi connectivity index (χ4n) is 4.36. The number of hydrogen-bond acceptors (Lipinski definition) is 4. The molecular formula is C26H36N2O3. The summed E-state index contributed by atoms with van der Waals surface area (Å²) in [4.78, 5) is 15.1. The van der Waals surface area contributed by atoms with Crippen molar-refractivity contribution < 1.29 is 14.3 Å². The largest absolute Gasteiger partial charge is 0.493 e. The van der Waals surface area contributed by atoms with Gasteiger partial charge in [0.15, 0.2) is 11.5 Å². The molecule has 0 fully saturated rings. The minimum atomic E-state index is -0.0481. The number of hydrogen-bond donors (Lipinski definition) is 1. The van der Waals surface area contributed by atoms with Crippen LogP contribution in [-0.2, 0) is 17.8 Å². The lowest BCUT2D eigenvalue weighted by molar-refractivity contribution is -0.125. The summed E-state index contributed by atoms with van der Waals surface area (Å²) in [5, 5.41) is 3.32. The van der Waals surface area contributed by atoms with E-state index in [0.29, 0.717) is 0 Å². The van der Waals surface area contributed by atoms with Gasteiger partial charge < -0.3 is 14.8 Å². The van der Waals surface area contributed by atoms with Crippen LogP contribution in [0.1, 0.15) is 55.5 Å². The van der Waals surface area contributed by atoms with Crippen LogP contribution >= 0.6 is 0 Å². The van der Waals surface area contributed by atoms with Crippen LogP contribution in [0.5, 0.6) is 11.5 Å². The molecule has 3 rings (SSSR count). The third kappa shape index (κ3) is 5.21. The van der Waals surface area contributed by atoms with E-state index in [1.165, 1.54) is 22.3 Å². The number of nitrogens with one attached hydrogen (secondary N) is 1. The molecule has 0 radical (unpaired) electrons. The third-order valence-corrected chi connectivity index (χ3v) is 6.21. The van der Waals surface area contributed by atoms with Gasteiger partial charge in [-0.25, -0.2) is 0 Å². The van der Waals surface area contributed by atoms with Gasteiger partial charge in [0.1, 0.15) is 0 Å². The molecule has 0 aromatic heterocycles. The normalized spacial score (nSPS) is 17.2. The number of methoxy groups -OCH3 is 2. The summed E-state index contributed by atoms with van der Waals surface area (Å²) in [5.74, 6) is 1.53. The fourth-order valence-corrected chi connectivity index (χ4v) is 4.36. The summed E-state index contributed by atoms with van der Waals surface area (Å²) in [5.41, 5.74) is 5.02. The number of fused-ring (bicyclic) bond motifs is 1. The summed E-state index contributed by atoms with van der Waals surface area (Å²) < 4.78 is 11.2. The van der Waals surface area contributed by atoms with Crippen molar-refractivity contribution in [1.29, 1.82) is 0 Å². The van der Waals surface area contributed by atoms with Gasteiger partial charge >= 0.3 is 0 Å². The second kappa shape index (κ2) is 10.2. The summed E-state index contributed by atoms with van der Waals surface area (Å²) in [6.45, 7) is 9.90. The van der Waals surface area contributed by atoms with Gasteiger partial charge in [0.2, 0.25) is 5.91 Å². The zero-order chi connectivity index (χ0) is 22.5. The molecule has 0 spiro atoms. The van der Waals surface area contributed by atoms with Crippen molar-refractivity contribution in [1.82, 2.24) is 10.2 Å². The highest BCUT2D eigenvalue weighted by atomic mass is 16.5. The standard InChI is InChI=1S/C26H36N2O3/c1-7-22(27-26(29)17(2)3)25-21-15-24(31-6)23(30-5)14-20(21)12-13-28(25)16-19-10-8-18(4)9-11-19/h8-11,14-15,17,22,25H,7,12-13,16H2,1-6H3,(H,27,29)/t22-,25+/m0/s1. The topological polar surface area (TPSA) is 50.8 Å². The number of amides is 1. The second-order valence-corrected chi connectivity index (χ2v) is 8.73. The van der Waals surface area contributed by atoms with Gasteiger partial charge in [0.25, 0.3) is 0 Å². The molecule has 1 aliphatic rings. The Balaban J connectivity index is 2.02. The Labute approximate surface area is 186 Å². The number of carbonyl (C=O) groups excluding carboxylic acids is 1. The molecule has 1 N–H and O–H groups in total. The van der Waals surface area contributed by atoms with Crippen molar-refractivity contribution in [2.24, 2.45) is 5.92 Å². The Morgan fingerprint density at radius 2 is 1.77 bits per heavy atom. The van der Waals surface area contributed by atoms with Crippen LogP contribution < -0.4 is 14.8 Å². The molecule has 1 aliphatic heterocycles. The first kappa shape index (κ1) is 23.1. The molecule has 168 valence electrons. The van der Waals surface area contributed by atoms with E-state index in [1.54, 1.807) is 14.2 Å². The van der Waals surface area contributed by atoms with Crippen LogP contribution in [-0.4, -0.2) is 37.6 Å². The van der Waals surface area contributed by atoms with Crippen molar-refractivity contribution >= 4 is 5.91 Å². The third-order valence-electron chi connectivity index (χ3n) is 6.21. The summed E-state index contributed by atoms with van der Waals surface area (Å²) in [6, 6.07) is 13.0. The van der Waals surface area contributed by atoms with Crippen LogP contribution in [0.2, 0.25) is 0 Å². The smallest absolute Gasteiger partial charge is 0.222 e. The van der Waals surface area contributed by atoms with Gasteiger partial charge in [0.05, 0.1) is 20.3 Å². The van der Waals surface area contributed by atoms with E-state index in [-0.39, 0.29) is 23.9 Å². The minimum absolute atomic E-state index is 0.0116. The first-order chi connectivity index (χ1) is 14.9. The van der Waals surface area contributed by atoms with Crippen LogP contribution in [0.3, 0.4) is 0 Å². The molecule has 31 heavy (non-hydrogen) atoms. The lowest BCUT2D eigenvalue weighted by Gasteiger charge is -2.42. The maximum atomic E-state index is 12.6. The minimum Gasteiger partial charge on any atom is -0.493 e. The predicted molar refractivity (Wildman–Crippen MR) is 125 cm³/mol. The van der Waals surface area contributed by atoms with Crippen LogP contribution in [0.4, 0.5) is 0 Å². The van der Waals surface area contributed by atoms with Gasteiger partial charge in [0, 0.05) is 25.0 Å². The van der Waals surface area contributed by atoms with E-state index in [0.717, 1.165) is 37.4 Å². The highest BCUT2D eigenvalue weighted by Crippen LogP contribution is 2.40. The average Bonchev–Trinajstić information content (AvgIpc) is 2.77. The molecule has 2 atom stereocenters. The second-order valence-electron chi connectivity index (χ2n) is 8.73. The molecule has 5 heteroatoms. The summed E-state index contributed by atoms with van der Waals surface area (Å²) >= 11 is 0. The number of aryl methyl sites for hydroxylation is 1. The van der Waals surface area contributed by atoms with E-state index in [1.807, 2.05) is 13.8 Å². The fraction of sp³-hybridized carbons (Fsp3) is 0.500. The molecule has 2 aromatic rings. The van der Waals surface area contributed by atoms with Gasteiger partial charge in [-0.05, 0) is 48.6 Å². The molecule has 0 saturated carbocycles. The number of nitrogens with zero attached hydrogens (tertiary/aromatic N) is 1. The molecule has 0 bridgehead atoms. The maximum absolute atomic E-state index is 12.6. The molecular weight excluding hydrogens is 388 g/mol. The Morgan fingerprint density at radius 1 is 1.13 bits per heavy atom. The van der Waals surface area contributed by atoms with Gasteiger partial charge in [-0.3, -0.25) is 9.69 Å². The quantitative estimate of drug-likeness (QED) is 0.669. The van der Waals surface area contributed by atoms with Crippen molar-refractivity contribution in [3.63, 3.8) is 0 Å². The Bertz CT molecular complexity index is 892. The van der Waals surface area contributed by atoms with Crippen molar-refractivity contribution in [2.45, 2.75) is 59.2 Å². The Kier molecular flexibility index (Phi) is 7.60. The van der Waals surface area contributed by atoms with Crippen molar-refractivity contribution in [3.05, 3.63) is 58.7 Å². The number of rotatable bonds is 8. The monoisotopic (exact) mass is 424 g/mol. The first-order valence-corrected chi connectivity index (χ1v) is 11.2. The molecule has 0 unspecified atom stereocenters. The van der Waals surface area contributed by atoms with E-state index < -0.39 is 0 Å². The van der Waals surface area contributed by atoms with Gasteiger partial charge in [-0.1, -0.05) is 50.6 Å². The number of benzene rings is 2. The van der Waals surface area contributed by atoms with E-state index in [4.69, 9.17) is 9.47 Å². The van der Waals surface area contributed by atoms with Crippen molar-refractivity contribution in [3.8, 4) is 11.5 Å². The average molecular weight is 425 g/mol. The number of carbonyl (C=O) groups is 1. The van der Waals surface area contributed by atoms with Crippen LogP contribution in [0.25, 0.3) is 0 Å². The Morgan fingerprint density at radius 3 is 2.35 bits per heavy atom. The first-order valence-electron chi connectivity index (χ1n) is 11.2. The number of ether oxygens (including phenoxy) is 2. The lowest BCUT2D eigenvalue weighted by Crippen LogP contribution is -2.49. The summed E-state index contributed by atoms with van der Waals surface area (Å²) in [7, 11) is 3.34. The van der Waals surface area contributed by atoms with Crippen molar-refractivity contribution in [2.75, 3.05) is 20.8 Å². The molecule has 1 amide bonds. The molecule has 5 nitrogen and oxygen atoms in total. The molecule has 1 heterocycles. The highest BCUT2D eigenvalue weighted by molar-refractivity contribution is 5.78. The molecule has 0 aliphatic carbocycles.